The molecular weight excluding hydrogens is 388 g/mol. The number of guanidine groups is 1. The average Bonchev–Trinajstić information content (AvgIpc) is 3.47. The lowest BCUT2D eigenvalue weighted by Gasteiger charge is -2.22. The third kappa shape index (κ3) is 5.50. The standard InChI is InChI=1S/C20H32N6S2/c1-21-19(25(2)14-12-17-10-7-15-28-17)22-13-6-11-18-23-24-20(27-3)26(18)16-8-4-5-9-16/h7,10,15-16H,4-6,8-9,11-14H2,1-3H3,(H,21,22). The molecule has 0 saturated heterocycles. The van der Waals surface area contributed by atoms with E-state index in [2.05, 4.69) is 60.8 Å². The van der Waals surface area contributed by atoms with E-state index in [1.807, 2.05) is 18.4 Å². The van der Waals surface area contributed by atoms with Crippen molar-refractivity contribution in [1.29, 1.82) is 0 Å². The number of rotatable bonds is 9. The van der Waals surface area contributed by atoms with Crippen LogP contribution in [0.4, 0.5) is 0 Å². The molecule has 0 spiro atoms. The zero-order chi connectivity index (χ0) is 19.8. The van der Waals surface area contributed by atoms with Crippen molar-refractivity contribution in [3.8, 4) is 0 Å². The minimum atomic E-state index is 0.594. The second-order valence-electron chi connectivity index (χ2n) is 7.24. The molecule has 0 aliphatic heterocycles. The molecule has 0 amide bonds. The highest BCUT2D eigenvalue weighted by Gasteiger charge is 2.23. The highest BCUT2D eigenvalue weighted by molar-refractivity contribution is 7.98. The minimum Gasteiger partial charge on any atom is -0.356 e. The summed E-state index contributed by atoms with van der Waals surface area (Å²) in [6, 6.07) is 4.90. The van der Waals surface area contributed by atoms with E-state index in [-0.39, 0.29) is 0 Å². The van der Waals surface area contributed by atoms with Gasteiger partial charge in [-0.3, -0.25) is 4.99 Å². The number of aliphatic imine (C=N–C) groups is 1. The van der Waals surface area contributed by atoms with Gasteiger partial charge in [-0.05, 0) is 43.4 Å². The maximum absolute atomic E-state index is 4.49. The molecule has 1 aliphatic carbocycles. The first kappa shape index (κ1) is 21.2. The van der Waals surface area contributed by atoms with Crippen molar-refractivity contribution in [2.45, 2.75) is 56.1 Å². The Morgan fingerprint density at radius 3 is 2.86 bits per heavy atom. The van der Waals surface area contributed by atoms with Crippen molar-refractivity contribution in [3.05, 3.63) is 28.2 Å². The Balaban J connectivity index is 1.46. The highest BCUT2D eigenvalue weighted by Crippen LogP contribution is 2.33. The molecule has 6 nitrogen and oxygen atoms in total. The summed E-state index contributed by atoms with van der Waals surface area (Å²) < 4.78 is 2.40. The van der Waals surface area contributed by atoms with Crippen molar-refractivity contribution < 1.29 is 0 Å². The van der Waals surface area contributed by atoms with Gasteiger partial charge in [0.1, 0.15) is 5.82 Å². The van der Waals surface area contributed by atoms with Gasteiger partial charge in [0.25, 0.3) is 0 Å². The lowest BCUT2D eigenvalue weighted by molar-refractivity contribution is 0.458. The Bertz CT molecular complexity index is 734. The normalized spacial score (nSPS) is 15.3. The summed E-state index contributed by atoms with van der Waals surface area (Å²) in [4.78, 5) is 8.04. The number of hydrogen-bond acceptors (Lipinski definition) is 5. The van der Waals surface area contributed by atoms with Crippen LogP contribution >= 0.6 is 23.1 Å². The first-order chi connectivity index (χ1) is 13.7. The van der Waals surface area contributed by atoms with E-state index in [0.29, 0.717) is 6.04 Å². The van der Waals surface area contributed by atoms with E-state index in [1.54, 1.807) is 11.8 Å². The topological polar surface area (TPSA) is 58.3 Å². The number of nitrogens with one attached hydrogen (secondary N) is 1. The SMILES string of the molecule is CN=C(NCCCc1nnc(SC)n1C1CCCC1)N(C)CCc1cccs1. The molecule has 2 heterocycles. The molecule has 1 fully saturated rings. The van der Waals surface area contributed by atoms with Gasteiger partial charge in [0.15, 0.2) is 11.1 Å². The lowest BCUT2D eigenvalue weighted by Crippen LogP contribution is -2.40. The van der Waals surface area contributed by atoms with Gasteiger partial charge in [-0.2, -0.15) is 0 Å². The second-order valence-corrected chi connectivity index (χ2v) is 9.05. The first-order valence-corrected chi connectivity index (χ1v) is 12.2. The van der Waals surface area contributed by atoms with Gasteiger partial charge in [0.05, 0.1) is 0 Å². The van der Waals surface area contributed by atoms with Gasteiger partial charge < -0.3 is 14.8 Å². The van der Waals surface area contributed by atoms with Gasteiger partial charge in [-0.1, -0.05) is 30.7 Å². The smallest absolute Gasteiger partial charge is 0.193 e. The Morgan fingerprint density at radius 2 is 2.18 bits per heavy atom. The Morgan fingerprint density at radius 1 is 1.36 bits per heavy atom. The fourth-order valence-electron chi connectivity index (χ4n) is 3.82. The molecule has 0 radical (unpaired) electrons. The molecule has 0 unspecified atom stereocenters. The lowest BCUT2D eigenvalue weighted by atomic mass is 10.2. The number of aromatic nitrogens is 3. The van der Waals surface area contributed by atoms with Crippen molar-refractivity contribution in [2.75, 3.05) is 33.4 Å². The third-order valence-electron chi connectivity index (χ3n) is 5.31. The van der Waals surface area contributed by atoms with Crippen LogP contribution < -0.4 is 5.32 Å². The van der Waals surface area contributed by atoms with E-state index >= 15 is 0 Å². The largest absolute Gasteiger partial charge is 0.356 e. The quantitative estimate of drug-likeness (QED) is 0.289. The first-order valence-electron chi connectivity index (χ1n) is 10.1. The van der Waals surface area contributed by atoms with Crippen LogP contribution in [0.15, 0.2) is 27.7 Å². The summed E-state index contributed by atoms with van der Waals surface area (Å²) >= 11 is 3.52. The van der Waals surface area contributed by atoms with Gasteiger partial charge in [0.2, 0.25) is 0 Å². The molecule has 0 atom stereocenters. The van der Waals surface area contributed by atoms with E-state index in [1.165, 1.54) is 30.6 Å². The fourth-order valence-corrected chi connectivity index (χ4v) is 5.09. The van der Waals surface area contributed by atoms with Gasteiger partial charge in [0, 0.05) is 44.5 Å². The molecule has 3 rings (SSSR count). The fraction of sp³-hybridized carbons (Fsp3) is 0.650. The van der Waals surface area contributed by atoms with Crippen LogP contribution in [0, 0.1) is 0 Å². The maximum Gasteiger partial charge on any atom is 0.193 e. The summed E-state index contributed by atoms with van der Waals surface area (Å²) in [7, 11) is 3.95. The van der Waals surface area contributed by atoms with Crippen LogP contribution in [0.25, 0.3) is 0 Å². The van der Waals surface area contributed by atoms with Crippen LogP contribution in [0.5, 0.6) is 0 Å². The van der Waals surface area contributed by atoms with Crippen molar-refractivity contribution in [1.82, 2.24) is 25.0 Å². The Labute approximate surface area is 176 Å². The molecule has 1 aliphatic rings. The number of thiophene rings is 1. The summed E-state index contributed by atoms with van der Waals surface area (Å²) in [5, 5.41) is 15.6. The summed E-state index contributed by atoms with van der Waals surface area (Å²) in [5.74, 6) is 2.10. The van der Waals surface area contributed by atoms with Crippen LogP contribution in [-0.4, -0.2) is 59.1 Å². The number of thioether (sulfide) groups is 1. The van der Waals surface area contributed by atoms with Crippen LogP contribution in [-0.2, 0) is 12.8 Å². The molecular formula is C20H32N6S2. The molecule has 28 heavy (non-hydrogen) atoms. The van der Waals surface area contributed by atoms with Gasteiger partial charge >= 0.3 is 0 Å². The molecule has 2 aromatic rings. The van der Waals surface area contributed by atoms with Crippen LogP contribution in [0.1, 0.15) is 48.8 Å². The van der Waals surface area contributed by atoms with E-state index < -0.39 is 0 Å². The monoisotopic (exact) mass is 420 g/mol. The Kier molecular flexibility index (Phi) is 8.21. The molecule has 8 heteroatoms. The van der Waals surface area contributed by atoms with Crippen molar-refractivity contribution in [3.63, 3.8) is 0 Å². The molecule has 0 aromatic carbocycles. The molecule has 154 valence electrons. The molecule has 2 aromatic heterocycles. The summed E-state index contributed by atoms with van der Waals surface area (Å²) in [5.41, 5.74) is 0. The van der Waals surface area contributed by atoms with Gasteiger partial charge in [-0.15, -0.1) is 21.5 Å². The highest BCUT2D eigenvalue weighted by atomic mass is 32.2. The average molecular weight is 421 g/mol. The van der Waals surface area contributed by atoms with Crippen LogP contribution in [0.2, 0.25) is 0 Å². The van der Waals surface area contributed by atoms with E-state index in [0.717, 1.165) is 49.3 Å². The predicted octanol–water partition coefficient (Wildman–Crippen LogP) is 3.86. The molecule has 1 N–H and O–H groups in total. The third-order valence-corrected chi connectivity index (χ3v) is 6.89. The Hall–Kier alpha value is -1.54. The van der Waals surface area contributed by atoms with Crippen molar-refractivity contribution in [2.24, 2.45) is 4.99 Å². The van der Waals surface area contributed by atoms with Gasteiger partial charge in [-0.25, -0.2) is 0 Å². The molecule has 1 saturated carbocycles. The number of likely N-dealkylation sites (N-methyl/N-ethyl adjacent to an activating group) is 1. The number of nitrogens with zero attached hydrogens (tertiary/aromatic N) is 5. The van der Waals surface area contributed by atoms with E-state index in [9.17, 15) is 0 Å². The number of hydrogen-bond donors (Lipinski definition) is 1. The minimum absolute atomic E-state index is 0.594. The zero-order valence-electron chi connectivity index (χ0n) is 17.2. The predicted molar refractivity (Wildman–Crippen MR) is 120 cm³/mol. The van der Waals surface area contributed by atoms with Crippen LogP contribution in [0.3, 0.4) is 0 Å². The number of aryl methyl sites for hydroxylation is 1. The summed E-state index contributed by atoms with van der Waals surface area (Å²) in [6.45, 7) is 1.86. The maximum atomic E-state index is 4.49. The zero-order valence-corrected chi connectivity index (χ0v) is 18.9. The second kappa shape index (κ2) is 10.9. The molecule has 0 bridgehead atoms. The summed E-state index contributed by atoms with van der Waals surface area (Å²) in [6.07, 6.45) is 10.3. The van der Waals surface area contributed by atoms with Crippen molar-refractivity contribution >= 4 is 29.1 Å². The van der Waals surface area contributed by atoms with E-state index in [4.69, 9.17) is 0 Å².